The zero-order valence-corrected chi connectivity index (χ0v) is 19.9. The molecule has 1 heterocycles. The molecule has 1 saturated heterocycles. The average Bonchev–Trinajstić information content (AvgIpc) is 2.65. The summed E-state index contributed by atoms with van der Waals surface area (Å²) in [6.45, 7) is 11.0. The Morgan fingerprint density at radius 3 is 2.37 bits per heavy atom. The fourth-order valence-electron chi connectivity index (χ4n) is 3.38. The number of halogens is 1. The monoisotopic (exact) mass is 487 g/mol. The molecule has 0 radical (unpaired) electrons. The van der Waals surface area contributed by atoms with Gasteiger partial charge in [-0.15, -0.1) is 24.0 Å². The van der Waals surface area contributed by atoms with Crippen molar-refractivity contribution in [3.63, 3.8) is 0 Å². The minimum Gasteiger partial charge on any atom is -0.355 e. The van der Waals surface area contributed by atoms with Crippen LogP contribution in [0.5, 0.6) is 0 Å². The molecule has 1 unspecified atom stereocenters. The van der Waals surface area contributed by atoms with Crippen LogP contribution in [0.15, 0.2) is 35.3 Å². The van der Waals surface area contributed by atoms with Crippen LogP contribution in [-0.4, -0.2) is 67.6 Å². The van der Waals surface area contributed by atoms with Crippen LogP contribution in [-0.2, 0) is 6.54 Å². The Morgan fingerprint density at radius 2 is 1.81 bits per heavy atom. The summed E-state index contributed by atoms with van der Waals surface area (Å²) in [7, 11) is 4.04. The molecule has 0 saturated carbocycles. The lowest BCUT2D eigenvalue weighted by atomic mass is 10.0. The second kappa shape index (κ2) is 12.6. The standard InChI is InChI=1S/C21H37N5.HI/c1-17(2)26-13-11-20(12-14-26)24-21(22-4)23-15-18(3)25(5)16-19-9-7-6-8-10-19;/h6-10,17-18,20H,11-16H2,1-5H3,(H2,22,23,24);1H. The third-order valence-corrected chi connectivity index (χ3v) is 5.42. The summed E-state index contributed by atoms with van der Waals surface area (Å²) in [6.07, 6.45) is 2.37. The van der Waals surface area contributed by atoms with Crippen molar-refractivity contribution in [2.75, 3.05) is 33.7 Å². The Bertz CT molecular complexity index is 541. The molecule has 0 bridgehead atoms. The molecule has 1 fully saturated rings. The number of hydrogen-bond donors (Lipinski definition) is 2. The van der Waals surface area contributed by atoms with Gasteiger partial charge in [0.05, 0.1) is 0 Å². The largest absolute Gasteiger partial charge is 0.355 e. The first kappa shape index (κ1) is 24.2. The molecule has 5 nitrogen and oxygen atoms in total. The smallest absolute Gasteiger partial charge is 0.191 e. The first-order valence-electron chi connectivity index (χ1n) is 9.95. The van der Waals surface area contributed by atoms with Crippen molar-refractivity contribution in [3.8, 4) is 0 Å². The van der Waals surface area contributed by atoms with E-state index in [0.717, 1.165) is 19.0 Å². The summed E-state index contributed by atoms with van der Waals surface area (Å²) < 4.78 is 0. The number of benzene rings is 1. The zero-order valence-electron chi connectivity index (χ0n) is 17.6. The van der Waals surface area contributed by atoms with Crippen molar-refractivity contribution in [1.82, 2.24) is 20.4 Å². The zero-order chi connectivity index (χ0) is 18.9. The van der Waals surface area contributed by atoms with E-state index < -0.39 is 0 Å². The van der Waals surface area contributed by atoms with Crippen molar-refractivity contribution in [2.24, 2.45) is 4.99 Å². The van der Waals surface area contributed by atoms with E-state index in [9.17, 15) is 0 Å². The number of likely N-dealkylation sites (tertiary alicyclic amines) is 1. The van der Waals surface area contributed by atoms with Gasteiger partial charge in [0, 0.05) is 51.4 Å². The van der Waals surface area contributed by atoms with E-state index in [1.165, 1.54) is 31.5 Å². The van der Waals surface area contributed by atoms with Gasteiger partial charge in [0.2, 0.25) is 0 Å². The van der Waals surface area contributed by atoms with Gasteiger partial charge >= 0.3 is 0 Å². The van der Waals surface area contributed by atoms with Crippen LogP contribution < -0.4 is 10.6 Å². The highest BCUT2D eigenvalue weighted by atomic mass is 127. The first-order chi connectivity index (χ1) is 12.5. The molecule has 1 atom stereocenters. The van der Waals surface area contributed by atoms with Gasteiger partial charge < -0.3 is 15.5 Å². The van der Waals surface area contributed by atoms with Gasteiger partial charge in [0.15, 0.2) is 5.96 Å². The van der Waals surface area contributed by atoms with Crippen LogP contribution in [0, 0.1) is 0 Å². The van der Waals surface area contributed by atoms with Crippen LogP contribution in [0.4, 0.5) is 0 Å². The molecule has 2 rings (SSSR count). The van der Waals surface area contributed by atoms with Gasteiger partial charge in [0.25, 0.3) is 0 Å². The van der Waals surface area contributed by atoms with Crippen molar-refractivity contribution in [2.45, 2.75) is 58.3 Å². The molecule has 0 spiro atoms. The van der Waals surface area contributed by atoms with E-state index in [4.69, 9.17) is 0 Å². The van der Waals surface area contributed by atoms with E-state index in [2.05, 4.69) is 83.6 Å². The predicted octanol–water partition coefficient (Wildman–Crippen LogP) is 3.16. The number of piperidine rings is 1. The van der Waals surface area contributed by atoms with Crippen LogP contribution in [0.25, 0.3) is 0 Å². The molecule has 1 aromatic rings. The Kier molecular flexibility index (Phi) is 11.3. The highest BCUT2D eigenvalue weighted by Gasteiger charge is 2.21. The second-order valence-electron chi connectivity index (χ2n) is 7.75. The number of hydrogen-bond acceptors (Lipinski definition) is 3. The second-order valence-corrected chi connectivity index (χ2v) is 7.75. The average molecular weight is 487 g/mol. The molecular formula is C21H38IN5. The van der Waals surface area contributed by atoms with E-state index in [1.807, 2.05) is 7.05 Å². The van der Waals surface area contributed by atoms with Crippen LogP contribution >= 0.6 is 24.0 Å². The fourth-order valence-corrected chi connectivity index (χ4v) is 3.38. The molecule has 6 heteroatoms. The molecule has 154 valence electrons. The summed E-state index contributed by atoms with van der Waals surface area (Å²) in [4.78, 5) is 9.34. The minimum atomic E-state index is 0. The Labute approximate surface area is 183 Å². The Balaban J connectivity index is 0.00000364. The molecule has 27 heavy (non-hydrogen) atoms. The fraction of sp³-hybridized carbons (Fsp3) is 0.667. The lowest BCUT2D eigenvalue weighted by Crippen LogP contribution is -2.51. The van der Waals surface area contributed by atoms with E-state index in [1.54, 1.807) is 0 Å². The number of aliphatic imine (C=N–C) groups is 1. The van der Waals surface area contributed by atoms with Crippen molar-refractivity contribution >= 4 is 29.9 Å². The van der Waals surface area contributed by atoms with Gasteiger partial charge in [-0.05, 0) is 46.2 Å². The normalized spacial score (nSPS) is 17.7. The van der Waals surface area contributed by atoms with Crippen molar-refractivity contribution in [1.29, 1.82) is 0 Å². The molecule has 0 aliphatic carbocycles. The summed E-state index contributed by atoms with van der Waals surface area (Å²) in [6, 6.07) is 12.2. The van der Waals surface area contributed by atoms with Crippen molar-refractivity contribution < 1.29 is 0 Å². The van der Waals surface area contributed by atoms with Crippen molar-refractivity contribution in [3.05, 3.63) is 35.9 Å². The molecule has 0 amide bonds. The molecule has 2 N–H and O–H groups in total. The Hall–Kier alpha value is -0.860. The van der Waals surface area contributed by atoms with E-state index in [-0.39, 0.29) is 24.0 Å². The van der Waals surface area contributed by atoms with Gasteiger partial charge in [-0.25, -0.2) is 0 Å². The number of nitrogens with one attached hydrogen (secondary N) is 2. The van der Waals surface area contributed by atoms with Crippen LogP contribution in [0.1, 0.15) is 39.2 Å². The lowest BCUT2D eigenvalue weighted by Gasteiger charge is -2.35. The SMILES string of the molecule is CN=C(NCC(C)N(C)Cc1ccccc1)NC1CCN(C(C)C)CC1.I. The molecule has 0 aromatic heterocycles. The van der Waals surface area contributed by atoms with E-state index >= 15 is 0 Å². The van der Waals surface area contributed by atoms with Crippen LogP contribution in [0.3, 0.4) is 0 Å². The Morgan fingerprint density at radius 1 is 1.19 bits per heavy atom. The molecular weight excluding hydrogens is 449 g/mol. The maximum atomic E-state index is 4.41. The third kappa shape index (κ3) is 8.35. The third-order valence-electron chi connectivity index (χ3n) is 5.42. The van der Waals surface area contributed by atoms with Gasteiger partial charge in [-0.2, -0.15) is 0 Å². The van der Waals surface area contributed by atoms with Gasteiger partial charge in [-0.1, -0.05) is 30.3 Å². The highest BCUT2D eigenvalue weighted by molar-refractivity contribution is 14.0. The van der Waals surface area contributed by atoms with E-state index in [0.29, 0.717) is 18.1 Å². The minimum absolute atomic E-state index is 0. The van der Waals surface area contributed by atoms with Gasteiger partial charge in [-0.3, -0.25) is 9.89 Å². The lowest BCUT2D eigenvalue weighted by molar-refractivity contribution is 0.167. The molecule has 1 aromatic carbocycles. The highest BCUT2D eigenvalue weighted by Crippen LogP contribution is 2.12. The predicted molar refractivity (Wildman–Crippen MR) is 127 cm³/mol. The number of rotatable bonds is 7. The maximum Gasteiger partial charge on any atom is 0.191 e. The molecule has 1 aliphatic heterocycles. The molecule has 1 aliphatic rings. The van der Waals surface area contributed by atoms with Crippen LogP contribution in [0.2, 0.25) is 0 Å². The summed E-state index contributed by atoms with van der Waals surface area (Å²) >= 11 is 0. The quantitative estimate of drug-likeness (QED) is 0.353. The number of nitrogens with zero attached hydrogens (tertiary/aromatic N) is 3. The summed E-state index contributed by atoms with van der Waals surface area (Å²) in [5, 5.41) is 7.10. The number of guanidine groups is 1. The van der Waals surface area contributed by atoms with Gasteiger partial charge in [0.1, 0.15) is 0 Å². The topological polar surface area (TPSA) is 42.9 Å². The maximum absolute atomic E-state index is 4.41. The summed E-state index contributed by atoms with van der Waals surface area (Å²) in [5.41, 5.74) is 1.35. The summed E-state index contributed by atoms with van der Waals surface area (Å²) in [5.74, 6) is 0.924. The number of likely N-dealkylation sites (N-methyl/N-ethyl adjacent to an activating group) is 1. The first-order valence-corrected chi connectivity index (χ1v) is 9.95.